The normalized spacial score (nSPS) is 25.2. The second kappa shape index (κ2) is 18.7. The highest BCUT2D eigenvalue weighted by molar-refractivity contribution is 5.98. The van der Waals surface area contributed by atoms with Crippen LogP contribution in [0.25, 0.3) is 0 Å². The van der Waals surface area contributed by atoms with Crippen molar-refractivity contribution in [2.45, 2.75) is 115 Å². The molecule has 14 nitrogen and oxygen atoms in total. The van der Waals surface area contributed by atoms with Gasteiger partial charge in [-0.1, -0.05) is 31.9 Å². The molecule has 0 radical (unpaired) electrons. The first-order valence-corrected chi connectivity index (χ1v) is 18.3. The van der Waals surface area contributed by atoms with Crippen LogP contribution in [0.5, 0.6) is 0 Å². The number of allylic oxidation sites excluding steroid dienone is 1. The number of ether oxygens (including phenoxy) is 1. The Hall–Kier alpha value is -4.89. The zero-order valence-electron chi connectivity index (χ0n) is 30.7. The summed E-state index contributed by atoms with van der Waals surface area (Å²) in [5.41, 5.74) is 0.179. The molecule has 3 heterocycles. The molecule has 3 N–H and O–H groups in total. The van der Waals surface area contributed by atoms with Gasteiger partial charge in [-0.25, -0.2) is 13.6 Å². The average Bonchev–Trinajstić information content (AvgIpc) is 3.83. The molecule has 290 valence electrons. The fourth-order valence-electron chi connectivity index (χ4n) is 6.75. The topological polar surface area (TPSA) is 175 Å². The van der Waals surface area contributed by atoms with Gasteiger partial charge in [-0.3, -0.25) is 28.8 Å². The molecule has 1 aromatic rings. The maximum absolute atomic E-state index is 14.2. The Morgan fingerprint density at radius 3 is 2.32 bits per heavy atom. The number of hydrogen-bond donors (Lipinski definition) is 3. The molecule has 0 aliphatic carbocycles. The quantitative estimate of drug-likeness (QED) is 0.184. The second-order valence-corrected chi connectivity index (χ2v) is 13.8. The Balaban J connectivity index is 1.65. The summed E-state index contributed by atoms with van der Waals surface area (Å²) >= 11 is 0. The lowest BCUT2D eigenvalue weighted by Gasteiger charge is -2.34. The van der Waals surface area contributed by atoms with Crippen molar-refractivity contribution < 1.29 is 47.1 Å². The summed E-state index contributed by atoms with van der Waals surface area (Å²) in [4.78, 5) is 98.5. The molecule has 6 atom stereocenters. The van der Waals surface area contributed by atoms with Crippen molar-refractivity contribution >= 4 is 41.4 Å². The molecule has 53 heavy (non-hydrogen) atoms. The lowest BCUT2D eigenvalue weighted by atomic mass is 10.0. The summed E-state index contributed by atoms with van der Waals surface area (Å²) in [5.74, 6) is -7.01. The number of nitrogens with zero attached hydrogens (tertiary/aromatic N) is 3. The van der Waals surface area contributed by atoms with Gasteiger partial charge in [0.1, 0.15) is 42.9 Å². The first-order valence-electron chi connectivity index (χ1n) is 18.3. The fraction of sp³-hybridized carbons (Fsp3) is 0.595. The number of hydrogen-bond acceptors (Lipinski definition) is 8. The van der Waals surface area contributed by atoms with Crippen LogP contribution >= 0.6 is 0 Å². The SMILES string of the molecule is CCCCC/C=C/C(=O)N[C@@H](Cc1ccc(F)c(F)c1)C(=O)N[C@H]1COC(=O)[C@@H]2CCCN2C(=O)[C@H](C)NC(=O)[C@H](C)N(C)C(=O)[C@@H]2CCCN2C1=O. The monoisotopic (exact) mass is 744 g/mol. The van der Waals surface area contributed by atoms with E-state index in [2.05, 4.69) is 16.0 Å². The molecule has 4 rings (SSSR count). The summed E-state index contributed by atoms with van der Waals surface area (Å²) in [6.45, 7) is 4.71. The van der Waals surface area contributed by atoms with E-state index in [1.165, 1.54) is 47.7 Å². The largest absolute Gasteiger partial charge is 0.461 e. The van der Waals surface area contributed by atoms with Gasteiger partial charge < -0.3 is 35.4 Å². The number of carbonyl (C=O) groups excluding carboxylic acids is 7. The molecular formula is C37H50F2N6O8. The molecule has 16 heteroatoms. The van der Waals surface area contributed by atoms with Crippen molar-refractivity contribution in [1.29, 1.82) is 0 Å². The number of fused-ring (bicyclic) bond motifs is 2. The minimum absolute atomic E-state index is 0.129. The van der Waals surface area contributed by atoms with E-state index in [0.29, 0.717) is 19.3 Å². The third-order valence-corrected chi connectivity index (χ3v) is 9.97. The number of nitrogens with one attached hydrogen (secondary N) is 3. The lowest BCUT2D eigenvalue weighted by Crippen LogP contribution is -2.60. The molecule has 3 aliphatic heterocycles. The van der Waals surface area contributed by atoms with E-state index < -0.39 is 95.9 Å². The van der Waals surface area contributed by atoms with Gasteiger partial charge >= 0.3 is 5.97 Å². The van der Waals surface area contributed by atoms with Gasteiger partial charge in [0.05, 0.1) is 0 Å². The zero-order chi connectivity index (χ0) is 38.8. The first-order chi connectivity index (χ1) is 25.2. The predicted molar refractivity (Wildman–Crippen MR) is 187 cm³/mol. The van der Waals surface area contributed by atoms with Crippen LogP contribution in [-0.2, 0) is 44.7 Å². The van der Waals surface area contributed by atoms with Gasteiger partial charge in [-0.2, -0.15) is 0 Å². The van der Waals surface area contributed by atoms with E-state index in [9.17, 15) is 42.3 Å². The summed E-state index contributed by atoms with van der Waals surface area (Å²) in [6.07, 6.45) is 7.52. The Morgan fingerprint density at radius 1 is 0.962 bits per heavy atom. The molecular weight excluding hydrogens is 694 g/mol. The molecule has 0 saturated carbocycles. The number of likely N-dealkylation sites (N-methyl/N-ethyl adjacent to an activating group) is 1. The smallest absolute Gasteiger partial charge is 0.328 e. The van der Waals surface area contributed by atoms with Crippen LogP contribution in [0, 0.1) is 11.6 Å². The third-order valence-electron chi connectivity index (χ3n) is 9.97. The van der Waals surface area contributed by atoms with Gasteiger partial charge in [0.2, 0.25) is 35.4 Å². The molecule has 3 aliphatic rings. The maximum atomic E-state index is 14.2. The summed E-state index contributed by atoms with van der Waals surface area (Å²) < 4.78 is 33.5. The van der Waals surface area contributed by atoms with Gasteiger partial charge in [0.15, 0.2) is 11.6 Å². The Kier molecular flexibility index (Phi) is 14.5. The number of amides is 6. The molecule has 3 fully saturated rings. The molecule has 3 saturated heterocycles. The molecule has 0 aromatic heterocycles. The number of cyclic esters (lactones) is 1. The van der Waals surface area contributed by atoms with Crippen LogP contribution in [0.2, 0.25) is 0 Å². The fourth-order valence-corrected chi connectivity index (χ4v) is 6.75. The van der Waals surface area contributed by atoms with Gasteiger partial charge in [-0.15, -0.1) is 0 Å². The number of benzene rings is 1. The van der Waals surface area contributed by atoms with E-state index in [0.717, 1.165) is 31.4 Å². The number of rotatable bonds is 10. The molecule has 0 spiro atoms. The van der Waals surface area contributed by atoms with Crippen molar-refractivity contribution in [1.82, 2.24) is 30.7 Å². The van der Waals surface area contributed by atoms with E-state index in [1.807, 2.05) is 6.92 Å². The van der Waals surface area contributed by atoms with Crippen molar-refractivity contribution in [2.24, 2.45) is 0 Å². The van der Waals surface area contributed by atoms with E-state index in [-0.39, 0.29) is 37.9 Å². The highest BCUT2D eigenvalue weighted by Crippen LogP contribution is 2.23. The summed E-state index contributed by atoms with van der Waals surface area (Å²) in [5, 5.41) is 7.78. The summed E-state index contributed by atoms with van der Waals surface area (Å²) in [7, 11) is 1.42. The first kappa shape index (κ1) is 40.9. The minimum atomic E-state index is -1.54. The summed E-state index contributed by atoms with van der Waals surface area (Å²) in [6, 6.07) is -3.92. The third kappa shape index (κ3) is 10.4. The van der Waals surface area contributed by atoms with Gasteiger partial charge in [0, 0.05) is 26.6 Å². The van der Waals surface area contributed by atoms with Gasteiger partial charge in [-0.05, 0) is 76.1 Å². The van der Waals surface area contributed by atoms with Crippen LogP contribution in [0.15, 0.2) is 30.4 Å². The number of esters is 1. The van der Waals surface area contributed by atoms with E-state index in [4.69, 9.17) is 4.74 Å². The van der Waals surface area contributed by atoms with Crippen molar-refractivity contribution in [3.05, 3.63) is 47.5 Å². The highest BCUT2D eigenvalue weighted by Gasteiger charge is 2.43. The van der Waals surface area contributed by atoms with Crippen molar-refractivity contribution in [3.63, 3.8) is 0 Å². The Labute approximate surface area is 308 Å². The Bertz CT molecular complexity index is 1590. The zero-order valence-corrected chi connectivity index (χ0v) is 30.7. The second-order valence-electron chi connectivity index (χ2n) is 13.8. The lowest BCUT2D eigenvalue weighted by molar-refractivity contribution is -0.158. The highest BCUT2D eigenvalue weighted by atomic mass is 19.2. The van der Waals surface area contributed by atoms with Crippen LogP contribution in [-0.4, -0.2) is 119 Å². The van der Waals surface area contributed by atoms with Crippen LogP contribution < -0.4 is 16.0 Å². The van der Waals surface area contributed by atoms with Crippen molar-refractivity contribution in [2.75, 3.05) is 26.7 Å². The number of unbranched alkanes of at least 4 members (excludes halogenated alkanes) is 3. The maximum Gasteiger partial charge on any atom is 0.328 e. The predicted octanol–water partition coefficient (Wildman–Crippen LogP) is 1.50. The molecule has 0 bridgehead atoms. The van der Waals surface area contributed by atoms with Crippen molar-refractivity contribution in [3.8, 4) is 0 Å². The van der Waals surface area contributed by atoms with Crippen LogP contribution in [0.4, 0.5) is 8.78 Å². The Morgan fingerprint density at radius 2 is 1.64 bits per heavy atom. The molecule has 6 amide bonds. The number of halogens is 2. The number of carbonyl (C=O) groups is 7. The standard InChI is InChI=1S/C37H50F2N6O8/c1-5-6-7-8-9-14-31(46)41-27(20-24-15-16-25(38)26(39)19-24)33(48)42-28-21-53-37(52)30-13-11-18-45(30)34(49)22(2)40-32(47)23(3)43(4)36(51)29-12-10-17-44(29)35(28)50/h9,14-16,19,22-23,27-30H,5-8,10-13,17-18,20-21H2,1-4H3,(H,40,47)(H,41,46)(H,42,48)/b14-9+/t22-,23-,27-,28-,29-,30-/m0/s1. The molecule has 0 unspecified atom stereocenters. The van der Waals surface area contributed by atoms with E-state index >= 15 is 0 Å². The van der Waals surface area contributed by atoms with Crippen LogP contribution in [0.3, 0.4) is 0 Å². The van der Waals surface area contributed by atoms with E-state index in [1.54, 1.807) is 6.08 Å². The molecule has 1 aromatic carbocycles. The van der Waals surface area contributed by atoms with Crippen LogP contribution in [0.1, 0.15) is 77.7 Å². The van der Waals surface area contributed by atoms with Gasteiger partial charge in [0.25, 0.3) is 0 Å². The average molecular weight is 745 g/mol. The minimum Gasteiger partial charge on any atom is -0.461 e.